The molecule has 2 N–H and O–H groups in total. The van der Waals surface area contributed by atoms with Gasteiger partial charge >= 0.3 is 0 Å². The Morgan fingerprint density at radius 3 is 2.71 bits per heavy atom. The molecule has 0 radical (unpaired) electrons. The Labute approximate surface area is 104 Å². The van der Waals surface area contributed by atoms with E-state index in [2.05, 4.69) is 10.2 Å². The fraction of sp³-hybridized carbons (Fsp3) is 1.00. The SMILES string of the molecule is OC(CNCCC1CCC1)CN1CCOCC1. The molecule has 1 aliphatic carbocycles. The first-order valence-corrected chi connectivity index (χ1v) is 7.03. The average Bonchev–Trinajstić information content (AvgIpc) is 2.27. The van der Waals surface area contributed by atoms with Gasteiger partial charge in [0.2, 0.25) is 0 Å². The van der Waals surface area contributed by atoms with Crippen LogP contribution in [0, 0.1) is 5.92 Å². The summed E-state index contributed by atoms with van der Waals surface area (Å²) in [5.74, 6) is 0.957. The van der Waals surface area contributed by atoms with Gasteiger partial charge in [-0.25, -0.2) is 0 Å². The number of nitrogens with zero attached hydrogens (tertiary/aromatic N) is 1. The fourth-order valence-corrected chi connectivity index (χ4v) is 2.50. The number of hydrogen-bond donors (Lipinski definition) is 2. The summed E-state index contributed by atoms with van der Waals surface area (Å²) in [4.78, 5) is 2.28. The summed E-state index contributed by atoms with van der Waals surface area (Å²) in [6.45, 7) is 6.09. The Kier molecular flexibility index (Phi) is 5.71. The molecule has 0 amide bonds. The third-order valence-electron chi connectivity index (χ3n) is 3.91. The van der Waals surface area contributed by atoms with E-state index in [0.717, 1.165) is 51.9 Å². The molecule has 4 nitrogen and oxygen atoms in total. The third kappa shape index (κ3) is 4.92. The second-order valence-corrected chi connectivity index (χ2v) is 5.36. The molecule has 1 saturated heterocycles. The first-order valence-electron chi connectivity index (χ1n) is 7.03. The van der Waals surface area contributed by atoms with Gasteiger partial charge in [0, 0.05) is 26.2 Å². The molecule has 100 valence electrons. The molecule has 0 aromatic rings. The zero-order valence-corrected chi connectivity index (χ0v) is 10.7. The summed E-state index contributed by atoms with van der Waals surface area (Å²) in [5.41, 5.74) is 0. The van der Waals surface area contributed by atoms with Gasteiger partial charge in [0.1, 0.15) is 0 Å². The zero-order valence-electron chi connectivity index (χ0n) is 10.7. The molecule has 0 spiro atoms. The van der Waals surface area contributed by atoms with E-state index in [-0.39, 0.29) is 6.10 Å². The van der Waals surface area contributed by atoms with Crippen LogP contribution in [0.4, 0.5) is 0 Å². The number of aliphatic hydroxyl groups is 1. The summed E-state index contributed by atoms with van der Waals surface area (Å²) in [5, 5.41) is 13.3. The number of ether oxygens (including phenoxy) is 1. The Bertz CT molecular complexity index is 204. The van der Waals surface area contributed by atoms with E-state index >= 15 is 0 Å². The lowest BCUT2D eigenvalue weighted by atomic mass is 9.83. The maximum absolute atomic E-state index is 9.89. The minimum atomic E-state index is -0.241. The van der Waals surface area contributed by atoms with Gasteiger partial charge in [-0.1, -0.05) is 19.3 Å². The quantitative estimate of drug-likeness (QED) is 0.637. The van der Waals surface area contributed by atoms with Gasteiger partial charge in [0.15, 0.2) is 0 Å². The summed E-state index contributed by atoms with van der Waals surface area (Å²) < 4.78 is 5.29. The van der Waals surface area contributed by atoms with Crippen LogP contribution in [0.15, 0.2) is 0 Å². The van der Waals surface area contributed by atoms with Crippen LogP contribution >= 0.6 is 0 Å². The van der Waals surface area contributed by atoms with Gasteiger partial charge in [0.05, 0.1) is 19.3 Å². The van der Waals surface area contributed by atoms with Crippen LogP contribution in [0.1, 0.15) is 25.7 Å². The van der Waals surface area contributed by atoms with Crippen molar-refractivity contribution < 1.29 is 9.84 Å². The summed E-state index contributed by atoms with van der Waals surface area (Å²) in [6, 6.07) is 0. The van der Waals surface area contributed by atoms with E-state index in [9.17, 15) is 5.11 Å². The first-order chi connectivity index (χ1) is 8.34. The molecule has 2 aliphatic rings. The van der Waals surface area contributed by atoms with Crippen LogP contribution < -0.4 is 5.32 Å². The number of aliphatic hydroxyl groups excluding tert-OH is 1. The molecule has 0 aromatic carbocycles. The molecule has 4 heteroatoms. The maximum Gasteiger partial charge on any atom is 0.0791 e. The molecular weight excluding hydrogens is 216 g/mol. The van der Waals surface area contributed by atoms with Crippen LogP contribution in [-0.4, -0.2) is 62.0 Å². The zero-order chi connectivity index (χ0) is 11.9. The monoisotopic (exact) mass is 242 g/mol. The largest absolute Gasteiger partial charge is 0.390 e. The number of rotatable bonds is 7. The molecule has 1 aliphatic heterocycles. The highest BCUT2D eigenvalue weighted by molar-refractivity contribution is 4.72. The molecule has 2 fully saturated rings. The van der Waals surface area contributed by atoms with Crippen molar-refractivity contribution in [1.29, 1.82) is 0 Å². The lowest BCUT2D eigenvalue weighted by molar-refractivity contribution is 0.0149. The molecule has 1 saturated carbocycles. The molecule has 17 heavy (non-hydrogen) atoms. The number of hydrogen-bond acceptors (Lipinski definition) is 4. The number of nitrogens with one attached hydrogen (secondary N) is 1. The highest BCUT2D eigenvalue weighted by atomic mass is 16.5. The number of morpholine rings is 1. The molecular formula is C13H26N2O2. The van der Waals surface area contributed by atoms with Crippen LogP contribution in [0.5, 0.6) is 0 Å². The van der Waals surface area contributed by atoms with Gasteiger partial charge in [-0.2, -0.15) is 0 Å². The smallest absolute Gasteiger partial charge is 0.0791 e. The van der Waals surface area contributed by atoms with Gasteiger partial charge in [0.25, 0.3) is 0 Å². The number of β-amino-alcohol motifs (C(OH)–C–C–N with tert-alkyl or cyclic N) is 1. The lowest BCUT2D eigenvalue weighted by Gasteiger charge is -2.29. The molecule has 1 unspecified atom stereocenters. The van der Waals surface area contributed by atoms with Crippen molar-refractivity contribution in [3.05, 3.63) is 0 Å². The topological polar surface area (TPSA) is 44.7 Å². The predicted octanol–water partition coefficient (Wildman–Crippen LogP) is 0.459. The second-order valence-electron chi connectivity index (χ2n) is 5.36. The minimum Gasteiger partial charge on any atom is -0.390 e. The predicted molar refractivity (Wildman–Crippen MR) is 68.1 cm³/mol. The van der Waals surface area contributed by atoms with Crippen molar-refractivity contribution in [3.8, 4) is 0 Å². The standard InChI is InChI=1S/C13H26N2O2/c16-13(11-15-6-8-17-9-7-15)10-14-5-4-12-2-1-3-12/h12-14,16H,1-11H2. The highest BCUT2D eigenvalue weighted by Gasteiger charge is 2.17. The van der Waals surface area contributed by atoms with Crippen molar-refractivity contribution in [2.45, 2.75) is 31.8 Å². The molecule has 0 aromatic heterocycles. The van der Waals surface area contributed by atoms with E-state index < -0.39 is 0 Å². The van der Waals surface area contributed by atoms with Crippen molar-refractivity contribution >= 4 is 0 Å². The molecule has 2 rings (SSSR count). The van der Waals surface area contributed by atoms with Gasteiger partial charge in [-0.05, 0) is 18.9 Å². The van der Waals surface area contributed by atoms with Crippen LogP contribution in [-0.2, 0) is 4.74 Å². The van der Waals surface area contributed by atoms with Crippen molar-refractivity contribution in [2.75, 3.05) is 45.9 Å². The van der Waals surface area contributed by atoms with E-state index in [0.29, 0.717) is 0 Å². The highest BCUT2D eigenvalue weighted by Crippen LogP contribution is 2.28. The summed E-state index contributed by atoms with van der Waals surface area (Å²) in [6.07, 6.45) is 5.29. The van der Waals surface area contributed by atoms with Crippen LogP contribution in [0.3, 0.4) is 0 Å². The van der Waals surface area contributed by atoms with Crippen LogP contribution in [0.2, 0.25) is 0 Å². The van der Waals surface area contributed by atoms with Crippen molar-refractivity contribution in [2.24, 2.45) is 5.92 Å². The molecule has 1 atom stereocenters. The Hall–Kier alpha value is -0.160. The lowest BCUT2D eigenvalue weighted by Crippen LogP contribution is -2.44. The molecule has 0 bridgehead atoms. The maximum atomic E-state index is 9.89. The Balaban J connectivity index is 1.46. The third-order valence-corrected chi connectivity index (χ3v) is 3.91. The first kappa shape index (κ1) is 13.3. The Morgan fingerprint density at radius 1 is 1.29 bits per heavy atom. The van der Waals surface area contributed by atoms with E-state index in [4.69, 9.17) is 4.74 Å². The van der Waals surface area contributed by atoms with Crippen LogP contribution in [0.25, 0.3) is 0 Å². The molecule has 1 heterocycles. The van der Waals surface area contributed by atoms with Crippen molar-refractivity contribution in [1.82, 2.24) is 10.2 Å². The normalized spacial score (nSPS) is 24.5. The van der Waals surface area contributed by atoms with E-state index in [1.54, 1.807) is 0 Å². The average molecular weight is 242 g/mol. The Morgan fingerprint density at radius 2 is 2.06 bits per heavy atom. The summed E-state index contributed by atoms with van der Waals surface area (Å²) in [7, 11) is 0. The second kappa shape index (κ2) is 7.31. The minimum absolute atomic E-state index is 0.241. The van der Waals surface area contributed by atoms with Crippen molar-refractivity contribution in [3.63, 3.8) is 0 Å². The van der Waals surface area contributed by atoms with Gasteiger partial charge < -0.3 is 15.2 Å². The van der Waals surface area contributed by atoms with E-state index in [1.807, 2.05) is 0 Å². The fourth-order valence-electron chi connectivity index (χ4n) is 2.50. The van der Waals surface area contributed by atoms with Gasteiger partial charge in [-0.3, -0.25) is 4.90 Å². The summed E-state index contributed by atoms with van der Waals surface area (Å²) >= 11 is 0. The van der Waals surface area contributed by atoms with E-state index in [1.165, 1.54) is 25.7 Å². The van der Waals surface area contributed by atoms with Gasteiger partial charge in [-0.15, -0.1) is 0 Å².